The predicted octanol–water partition coefficient (Wildman–Crippen LogP) is 5.51. The van der Waals surface area contributed by atoms with Gasteiger partial charge in [-0.1, -0.05) is 29.4 Å². The van der Waals surface area contributed by atoms with Crippen molar-refractivity contribution in [3.05, 3.63) is 57.2 Å². The first kappa shape index (κ1) is 14.8. The lowest BCUT2D eigenvalue weighted by Gasteiger charge is -2.10. The Bertz CT molecular complexity index is 457. The monoisotopic (exact) mass is 242 g/mol. The summed E-state index contributed by atoms with van der Waals surface area (Å²) < 4.78 is 0. The van der Waals surface area contributed by atoms with Crippen LogP contribution in [0.3, 0.4) is 0 Å². The molecule has 1 aliphatic carbocycles. The van der Waals surface area contributed by atoms with E-state index < -0.39 is 0 Å². The van der Waals surface area contributed by atoms with Crippen LogP contribution in [0, 0.1) is 34.6 Å². The Morgan fingerprint density at radius 1 is 0.611 bits per heavy atom. The van der Waals surface area contributed by atoms with Crippen molar-refractivity contribution in [3.8, 4) is 0 Å². The molecule has 98 valence electrons. The van der Waals surface area contributed by atoms with Crippen molar-refractivity contribution in [1.82, 2.24) is 0 Å². The van der Waals surface area contributed by atoms with Gasteiger partial charge in [-0.3, -0.25) is 0 Å². The molecule has 0 atom stereocenters. The Morgan fingerprint density at radius 2 is 1.00 bits per heavy atom. The van der Waals surface area contributed by atoms with Crippen LogP contribution in [0.2, 0.25) is 0 Å². The van der Waals surface area contributed by atoms with Crippen LogP contribution in [0.5, 0.6) is 0 Å². The van der Waals surface area contributed by atoms with Crippen LogP contribution in [0.15, 0.2) is 29.4 Å². The molecule has 1 aromatic rings. The second kappa shape index (κ2) is 6.04. The van der Waals surface area contributed by atoms with E-state index in [2.05, 4.69) is 66.7 Å². The lowest BCUT2D eigenvalue weighted by Crippen LogP contribution is -1.93. The number of rotatable bonds is 0. The third-order valence-electron chi connectivity index (χ3n) is 4.21. The minimum atomic E-state index is 1.15. The average molecular weight is 242 g/mol. The van der Waals surface area contributed by atoms with Crippen molar-refractivity contribution in [1.29, 1.82) is 0 Å². The van der Waals surface area contributed by atoms with Gasteiger partial charge in [0, 0.05) is 0 Å². The normalized spacial score (nSPS) is 13.7. The molecular weight excluding hydrogens is 216 g/mol. The largest absolute Gasteiger partial charge is 0.0775 e. The van der Waals surface area contributed by atoms with E-state index in [1.165, 1.54) is 39.0 Å². The molecule has 0 saturated carbocycles. The van der Waals surface area contributed by atoms with Crippen molar-refractivity contribution < 1.29 is 0 Å². The van der Waals surface area contributed by atoms with Gasteiger partial charge in [-0.2, -0.15) is 0 Å². The standard InChI is InChI=1S/C11H16.C7H10/c1-7-6-8(2)10(4)11(5)9(7)3;1-6-4-3-5-7(6)2/h6H,1-5H3;4-5H,3H2,1-2H3. The summed E-state index contributed by atoms with van der Waals surface area (Å²) in [6, 6.07) is 2.26. The first-order chi connectivity index (χ1) is 8.34. The highest BCUT2D eigenvalue weighted by molar-refractivity contribution is 5.42. The summed E-state index contributed by atoms with van der Waals surface area (Å²) in [5.74, 6) is 0. The average Bonchev–Trinajstić information content (AvgIpc) is 2.69. The van der Waals surface area contributed by atoms with Crippen molar-refractivity contribution in [2.45, 2.75) is 54.9 Å². The van der Waals surface area contributed by atoms with Gasteiger partial charge in [0.1, 0.15) is 0 Å². The van der Waals surface area contributed by atoms with Crippen LogP contribution < -0.4 is 0 Å². The molecule has 0 amide bonds. The molecule has 0 heterocycles. The van der Waals surface area contributed by atoms with E-state index in [1.807, 2.05) is 0 Å². The first-order valence-corrected chi connectivity index (χ1v) is 6.72. The lowest BCUT2D eigenvalue weighted by atomic mass is 9.96. The van der Waals surface area contributed by atoms with Gasteiger partial charge in [-0.25, -0.2) is 0 Å². The Morgan fingerprint density at radius 3 is 1.28 bits per heavy atom. The minimum Gasteiger partial charge on any atom is -0.0775 e. The highest BCUT2D eigenvalue weighted by Gasteiger charge is 2.02. The maximum absolute atomic E-state index is 2.26. The van der Waals surface area contributed by atoms with Crippen LogP contribution in [0.4, 0.5) is 0 Å². The predicted molar refractivity (Wildman–Crippen MR) is 82.3 cm³/mol. The molecule has 18 heavy (non-hydrogen) atoms. The number of hydrogen-bond donors (Lipinski definition) is 0. The summed E-state index contributed by atoms with van der Waals surface area (Å²) in [6.45, 7) is 15.2. The minimum absolute atomic E-state index is 1.15. The van der Waals surface area contributed by atoms with Crippen LogP contribution >= 0.6 is 0 Å². The molecule has 0 saturated heterocycles. The molecule has 0 unspecified atom stereocenters. The zero-order valence-electron chi connectivity index (χ0n) is 12.9. The molecule has 0 radical (unpaired) electrons. The van der Waals surface area contributed by atoms with Crippen LogP contribution in [-0.4, -0.2) is 0 Å². The van der Waals surface area contributed by atoms with E-state index in [0.717, 1.165) is 6.42 Å². The maximum Gasteiger partial charge on any atom is -0.0158 e. The number of benzene rings is 1. The second-order valence-corrected chi connectivity index (χ2v) is 5.40. The zero-order valence-corrected chi connectivity index (χ0v) is 12.9. The molecule has 0 fully saturated rings. The molecule has 0 nitrogen and oxygen atoms in total. The second-order valence-electron chi connectivity index (χ2n) is 5.40. The van der Waals surface area contributed by atoms with Gasteiger partial charge in [-0.05, 0) is 82.7 Å². The van der Waals surface area contributed by atoms with E-state index >= 15 is 0 Å². The zero-order chi connectivity index (χ0) is 13.9. The molecule has 0 spiro atoms. The van der Waals surface area contributed by atoms with Gasteiger partial charge in [0.2, 0.25) is 0 Å². The van der Waals surface area contributed by atoms with E-state index in [-0.39, 0.29) is 0 Å². The summed E-state index contributed by atoms with van der Waals surface area (Å²) in [7, 11) is 0. The molecule has 0 N–H and O–H groups in total. The summed E-state index contributed by atoms with van der Waals surface area (Å²) in [5.41, 5.74) is 10.0. The van der Waals surface area contributed by atoms with Gasteiger partial charge >= 0.3 is 0 Å². The van der Waals surface area contributed by atoms with Crippen molar-refractivity contribution in [2.75, 3.05) is 0 Å². The molecule has 0 bridgehead atoms. The van der Waals surface area contributed by atoms with Gasteiger partial charge in [-0.15, -0.1) is 0 Å². The Balaban J connectivity index is 0.000000199. The molecule has 0 aliphatic heterocycles. The van der Waals surface area contributed by atoms with Crippen LogP contribution in [-0.2, 0) is 0 Å². The topological polar surface area (TPSA) is 0 Å². The van der Waals surface area contributed by atoms with Gasteiger partial charge in [0.15, 0.2) is 0 Å². The Labute approximate surface area is 112 Å². The van der Waals surface area contributed by atoms with Crippen molar-refractivity contribution in [2.24, 2.45) is 0 Å². The molecule has 2 rings (SSSR count). The molecular formula is C18H26. The van der Waals surface area contributed by atoms with E-state index in [1.54, 1.807) is 0 Å². The lowest BCUT2D eigenvalue weighted by molar-refractivity contribution is 1.18. The molecule has 0 aromatic heterocycles. The van der Waals surface area contributed by atoms with Crippen molar-refractivity contribution in [3.63, 3.8) is 0 Å². The van der Waals surface area contributed by atoms with Gasteiger partial charge in [0.05, 0.1) is 0 Å². The SMILES string of the molecule is CC1=CCC=C1C.Cc1cc(C)c(C)c(C)c1C. The maximum atomic E-state index is 2.26. The molecule has 1 aromatic carbocycles. The smallest absolute Gasteiger partial charge is 0.0158 e. The van der Waals surface area contributed by atoms with Gasteiger partial charge < -0.3 is 0 Å². The molecule has 0 heteroatoms. The quantitative estimate of drug-likeness (QED) is 0.562. The van der Waals surface area contributed by atoms with Crippen molar-refractivity contribution >= 4 is 0 Å². The fraction of sp³-hybridized carbons (Fsp3) is 0.444. The fourth-order valence-electron chi connectivity index (χ4n) is 2.15. The first-order valence-electron chi connectivity index (χ1n) is 6.72. The fourth-order valence-corrected chi connectivity index (χ4v) is 2.15. The summed E-state index contributed by atoms with van der Waals surface area (Å²) in [4.78, 5) is 0. The number of hydrogen-bond acceptors (Lipinski definition) is 0. The molecule has 1 aliphatic rings. The van der Waals surface area contributed by atoms with E-state index in [4.69, 9.17) is 0 Å². The number of allylic oxidation sites excluding steroid dienone is 4. The summed E-state index contributed by atoms with van der Waals surface area (Å²) >= 11 is 0. The number of aryl methyl sites for hydroxylation is 2. The Hall–Kier alpha value is -1.30. The third kappa shape index (κ3) is 3.35. The summed E-state index contributed by atoms with van der Waals surface area (Å²) in [5, 5.41) is 0. The van der Waals surface area contributed by atoms with Gasteiger partial charge in [0.25, 0.3) is 0 Å². The van der Waals surface area contributed by atoms with Crippen LogP contribution in [0.1, 0.15) is 48.1 Å². The third-order valence-corrected chi connectivity index (χ3v) is 4.21. The highest BCUT2D eigenvalue weighted by Crippen LogP contribution is 2.19. The van der Waals surface area contributed by atoms with E-state index in [0.29, 0.717) is 0 Å². The van der Waals surface area contributed by atoms with Crippen LogP contribution in [0.25, 0.3) is 0 Å². The highest BCUT2D eigenvalue weighted by atomic mass is 14.1. The van der Waals surface area contributed by atoms with E-state index in [9.17, 15) is 0 Å². The summed E-state index contributed by atoms with van der Waals surface area (Å²) in [6.07, 6.45) is 5.64. The Kier molecular flexibility index (Phi) is 4.95.